The fourth-order valence-electron chi connectivity index (χ4n) is 20.7. The lowest BCUT2D eigenvalue weighted by Gasteiger charge is -2.57. The standard InChI is InChI=1S/C33H34NO2.C26H30NO2.C25H34NO2.C18H22N3O.C17H18NO2/c1-32(2,25-12-8-6-9-13-25)27-20-24-22-34(28-16-18-29(35-5)19-17-28)23-36-31(24)30(21-27)33(3,4)26-14-10-7-11-15-26;1-17-7-21-15-27(22-3-5-23(28-2)6-4-22)16-29-25(21)24(8-17)26-12-18-9-19(13-26)11-20(10-18)14-26;1-8-24(3,4)19-14-18-16-26(20-10-12-21(27-7)13-11-20)17-28-23(18)22(15-19)25(5,6)9-2;1-19(2)15-5-7-16(8-6-15)21-12-14-11-17(20(3)4)9-10-18(14)22-13-21;1-12-8-13(2)17-14(9-12)10-18(11-20-17)15-4-6-16(19-3)7-5-15/h6-22H,23H2,1-5H3;3-8,15,18-20H,9-14,16H2,1-2H3;10-16H,8-9,17H2,1-7H3;5-12H,13H2,1-4H3;4-10H,11H2,1-3H3/q5*+1. The van der Waals surface area contributed by atoms with Crippen molar-refractivity contribution < 1.29 is 65.5 Å². The third-order valence-corrected chi connectivity index (χ3v) is 29.3. The lowest BCUT2D eigenvalue weighted by molar-refractivity contribution is -0.476. The molecule has 5 aliphatic heterocycles. The van der Waals surface area contributed by atoms with Crippen LogP contribution in [0.15, 0.2) is 249 Å². The average molecular weight is 1810 g/mol. The predicted molar refractivity (Wildman–Crippen MR) is 550 cm³/mol. The molecule has 135 heavy (non-hydrogen) atoms. The first kappa shape index (κ1) is 95.0. The van der Waals surface area contributed by atoms with Crippen molar-refractivity contribution >= 4 is 70.9 Å². The zero-order valence-corrected chi connectivity index (χ0v) is 83.3. The Bertz CT molecular complexity index is 6370. The molecule has 4 saturated carbocycles. The summed E-state index contributed by atoms with van der Waals surface area (Å²) < 4.78 is 63.0. The van der Waals surface area contributed by atoms with Gasteiger partial charge in [0.25, 0.3) is 33.7 Å². The number of benzene rings is 12. The van der Waals surface area contributed by atoms with Crippen molar-refractivity contribution in [2.45, 2.75) is 168 Å². The van der Waals surface area contributed by atoms with Gasteiger partial charge in [-0.2, -0.15) is 22.9 Å². The van der Waals surface area contributed by atoms with E-state index in [1.165, 1.54) is 111 Å². The fraction of sp³-hybridized carbons (Fsp3) is 0.353. The van der Waals surface area contributed by atoms with Gasteiger partial charge in [0.05, 0.1) is 56.3 Å². The molecule has 9 aliphatic rings. The molecule has 0 saturated heterocycles. The molecule has 4 aliphatic carbocycles. The summed E-state index contributed by atoms with van der Waals surface area (Å²) in [4.78, 5) is 4.19. The van der Waals surface area contributed by atoms with Gasteiger partial charge in [0.2, 0.25) is 28.4 Å². The van der Waals surface area contributed by atoms with Gasteiger partial charge in [-0.1, -0.05) is 154 Å². The summed E-state index contributed by atoms with van der Waals surface area (Å²) in [5.74, 6) is 11.4. The van der Waals surface area contributed by atoms with E-state index in [9.17, 15) is 0 Å². The molecule has 12 aromatic rings. The number of nitrogens with zero attached hydrogens (tertiary/aromatic N) is 7. The van der Waals surface area contributed by atoms with E-state index in [1.807, 2.05) is 94.9 Å². The minimum absolute atomic E-state index is 0.0695. The highest BCUT2D eigenvalue weighted by Crippen LogP contribution is 2.63. The van der Waals surface area contributed by atoms with Crippen LogP contribution in [-0.2, 0) is 27.1 Å². The summed E-state index contributed by atoms with van der Waals surface area (Å²) in [6.45, 7) is 32.0. The maximum atomic E-state index is 6.52. The van der Waals surface area contributed by atoms with Crippen molar-refractivity contribution in [3.8, 4) is 51.7 Å². The summed E-state index contributed by atoms with van der Waals surface area (Å²) >= 11 is 0. The van der Waals surface area contributed by atoms with E-state index in [-0.39, 0.29) is 21.7 Å². The molecule has 21 rings (SSSR count). The molecule has 0 spiro atoms. The number of anilines is 2. The highest BCUT2D eigenvalue weighted by molar-refractivity contribution is 5.87. The van der Waals surface area contributed by atoms with Crippen LogP contribution in [0, 0.1) is 38.5 Å². The lowest BCUT2D eigenvalue weighted by Crippen LogP contribution is -2.48. The van der Waals surface area contributed by atoms with Gasteiger partial charge < -0.3 is 52.4 Å². The molecule has 12 aromatic carbocycles. The summed E-state index contributed by atoms with van der Waals surface area (Å²) in [5, 5.41) is 0. The minimum atomic E-state index is -0.232. The topological polar surface area (TPSA) is 105 Å². The monoisotopic (exact) mass is 1810 g/mol. The van der Waals surface area contributed by atoms with Crippen molar-refractivity contribution in [1.29, 1.82) is 0 Å². The van der Waals surface area contributed by atoms with Crippen LogP contribution < -0.4 is 52.4 Å². The summed E-state index contributed by atoms with van der Waals surface area (Å²) in [5.41, 5.74) is 26.8. The van der Waals surface area contributed by atoms with E-state index in [0.29, 0.717) is 39.1 Å². The van der Waals surface area contributed by atoms with Crippen LogP contribution in [0.4, 0.5) is 39.8 Å². The molecule has 16 nitrogen and oxygen atoms in total. The Morgan fingerprint density at radius 3 is 1.10 bits per heavy atom. The van der Waals surface area contributed by atoms with Gasteiger partial charge in [-0.3, -0.25) is 0 Å². The van der Waals surface area contributed by atoms with Gasteiger partial charge in [0.1, 0.15) is 51.7 Å². The Hall–Kier alpha value is -13.2. The van der Waals surface area contributed by atoms with Crippen LogP contribution in [0.5, 0.6) is 51.7 Å². The number of ether oxygens (including phenoxy) is 9. The second-order valence-electron chi connectivity index (χ2n) is 40.5. The Kier molecular flexibility index (Phi) is 28.2. The van der Waals surface area contributed by atoms with Crippen LogP contribution in [0.3, 0.4) is 0 Å². The van der Waals surface area contributed by atoms with Gasteiger partial charge in [-0.15, -0.1) is 0 Å². The SMILES string of the molecule is CCC(C)(C)c1cc2c(c(C(C)(C)CC)c1)OC[N+](c1ccc(OC)cc1)=C2.CN(C)c1ccc([N+]2=Cc3cc(N(C)C)ccc3OC2)cc1.COc1ccc([N+]2=Cc3cc(C(C)(C)c4ccccc4)cc(C(C)(C)c4ccccc4)c3OC2)cc1.COc1ccc([N+]2=Cc3cc(C)cc(C)c3OC2)cc1.COc1ccc([N+]2=Cc3cc(C)cc(C45CC6CC(CC(C6)C4)C5)c3OC2)cc1. The van der Waals surface area contributed by atoms with Crippen LogP contribution in [0.25, 0.3) is 0 Å². The molecular formula is C119H138N7O9+5. The highest BCUT2D eigenvalue weighted by Gasteiger charge is 2.53. The Morgan fingerprint density at radius 2 is 0.674 bits per heavy atom. The first-order valence-electron chi connectivity index (χ1n) is 48.0. The second-order valence-corrected chi connectivity index (χ2v) is 40.5. The molecule has 698 valence electrons. The summed E-state index contributed by atoms with van der Waals surface area (Å²) in [7, 11) is 14.9. The van der Waals surface area contributed by atoms with Gasteiger partial charge in [-0.25, -0.2) is 0 Å². The van der Waals surface area contributed by atoms with Gasteiger partial charge in [0, 0.05) is 128 Å². The molecule has 0 aromatic heterocycles. The predicted octanol–water partition coefficient (Wildman–Crippen LogP) is 25.6. The van der Waals surface area contributed by atoms with Crippen LogP contribution in [0.2, 0.25) is 0 Å². The largest absolute Gasteiger partial charge is 0.497 e. The molecule has 0 radical (unpaired) electrons. The molecular weight excluding hydrogens is 1670 g/mol. The Morgan fingerprint density at radius 1 is 0.326 bits per heavy atom. The molecule has 0 unspecified atom stereocenters. The van der Waals surface area contributed by atoms with Crippen LogP contribution in [-0.4, -0.2) is 144 Å². The second kappa shape index (κ2) is 40.1. The third-order valence-electron chi connectivity index (χ3n) is 29.3. The molecule has 4 fully saturated rings. The zero-order valence-electron chi connectivity index (χ0n) is 83.3. The molecule has 0 atom stereocenters. The zero-order chi connectivity index (χ0) is 95.3. The summed E-state index contributed by atoms with van der Waals surface area (Å²) in [6, 6.07) is 87.0. The van der Waals surface area contributed by atoms with Crippen LogP contribution >= 0.6 is 0 Å². The molecule has 4 bridgehead atoms. The van der Waals surface area contributed by atoms with Gasteiger partial charge in [0.15, 0.2) is 31.1 Å². The number of aryl methyl sites for hydroxylation is 3. The maximum Gasteiger partial charge on any atom is 0.292 e. The molecule has 5 heterocycles. The van der Waals surface area contributed by atoms with E-state index < -0.39 is 0 Å². The average Bonchev–Trinajstić information content (AvgIpc) is 0.727. The van der Waals surface area contributed by atoms with Crippen LogP contribution in [0.1, 0.15) is 204 Å². The Balaban J connectivity index is 0.000000124. The first-order chi connectivity index (χ1) is 64.8. The van der Waals surface area contributed by atoms with E-state index in [1.54, 1.807) is 28.4 Å². The summed E-state index contributed by atoms with van der Waals surface area (Å²) in [6.07, 6.45) is 21.7. The van der Waals surface area contributed by atoms with Crippen molar-refractivity contribution in [1.82, 2.24) is 0 Å². The smallest absolute Gasteiger partial charge is 0.292 e. The molecule has 0 N–H and O–H groups in total. The van der Waals surface area contributed by atoms with Crippen molar-refractivity contribution in [2.75, 3.05) is 100 Å². The quantitative estimate of drug-likeness (QED) is 0.0681. The number of hydrogen-bond acceptors (Lipinski definition) is 11. The Labute approximate surface area is 801 Å². The van der Waals surface area contributed by atoms with Gasteiger partial charge in [-0.05, 0) is 248 Å². The van der Waals surface area contributed by atoms with Crippen molar-refractivity contribution in [2.24, 2.45) is 17.8 Å². The molecule has 0 amide bonds. The first-order valence-corrected chi connectivity index (χ1v) is 48.0. The van der Waals surface area contributed by atoms with E-state index in [0.717, 1.165) is 133 Å². The number of fused-ring (bicyclic) bond motifs is 5. The van der Waals surface area contributed by atoms with Crippen molar-refractivity contribution in [3.05, 3.63) is 332 Å². The fourth-order valence-corrected chi connectivity index (χ4v) is 20.7. The lowest BCUT2D eigenvalue weighted by atomic mass is 9.48. The van der Waals surface area contributed by atoms with Crippen molar-refractivity contribution in [3.63, 3.8) is 0 Å². The maximum absolute atomic E-state index is 6.52. The third kappa shape index (κ3) is 20.9. The van der Waals surface area contributed by atoms with E-state index >= 15 is 0 Å². The number of hydrogen-bond donors (Lipinski definition) is 0. The molecule has 16 heteroatoms. The highest BCUT2D eigenvalue weighted by atomic mass is 16.5. The normalized spacial score (nSPS) is 17.4. The van der Waals surface area contributed by atoms with E-state index in [4.69, 9.17) is 42.6 Å². The number of methoxy groups -OCH3 is 4. The minimum Gasteiger partial charge on any atom is -0.497 e. The van der Waals surface area contributed by atoms with Gasteiger partial charge >= 0.3 is 0 Å². The van der Waals surface area contributed by atoms with E-state index in [2.05, 4.69) is 336 Å². The number of rotatable bonds is 20.